The second-order valence-corrected chi connectivity index (χ2v) is 1.61. The Bertz CT molecular complexity index is 118. The van der Waals surface area contributed by atoms with Gasteiger partial charge in [-0.3, -0.25) is 0 Å². The first-order chi connectivity index (χ1) is 4.22. The van der Waals surface area contributed by atoms with Crippen molar-refractivity contribution in [3.8, 4) is 0 Å². The predicted octanol–water partition coefficient (Wildman–Crippen LogP) is 0.125. The van der Waals surface area contributed by atoms with Gasteiger partial charge in [0.25, 0.3) is 0 Å². The van der Waals surface area contributed by atoms with Gasteiger partial charge in [-0.25, -0.2) is 0 Å². The Balaban J connectivity index is 3.68. The second-order valence-electron chi connectivity index (χ2n) is 1.23. The highest BCUT2D eigenvalue weighted by Gasteiger charge is 2.23. The van der Waals surface area contributed by atoms with E-state index >= 15 is 0 Å². The summed E-state index contributed by atoms with van der Waals surface area (Å²) < 4.78 is 0. The zero-order valence-corrected chi connectivity index (χ0v) is 5.34. The highest BCUT2D eigenvalue weighted by Crippen LogP contribution is 1.83. The van der Waals surface area contributed by atoms with Crippen LogP contribution in [0.15, 0.2) is 5.29 Å². The molecule has 0 saturated heterocycles. The molecule has 5 nitrogen and oxygen atoms in total. The molecular weight excluding hydrogens is 146 g/mol. The third kappa shape index (κ3) is 2.99. The smallest absolute Gasteiger partial charge is 0.312 e. The molecule has 9 heavy (non-hydrogen) atoms. The summed E-state index contributed by atoms with van der Waals surface area (Å²) in [4.78, 5) is 19.8. The number of urea groups is 1. The Morgan fingerprint density at radius 3 is 2.44 bits per heavy atom. The zero-order valence-electron chi connectivity index (χ0n) is 4.58. The van der Waals surface area contributed by atoms with Crippen molar-refractivity contribution in [2.24, 2.45) is 11.0 Å². The molecule has 1 radical (unpaired) electrons. The van der Waals surface area contributed by atoms with Crippen LogP contribution >= 0.6 is 11.6 Å². The molecule has 0 saturated carbocycles. The van der Waals surface area contributed by atoms with Crippen LogP contribution in [0.2, 0.25) is 0 Å². The number of nitrogens with zero attached hydrogens (tertiary/aromatic N) is 2. The van der Waals surface area contributed by atoms with Gasteiger partial charge in [-0.05, 0) is 0 Å². The van der Waals surface area contributed by atoms with E-state index in [4.69, 9.17) is 11.6 Å². The van der Waals surface area contributed by atoms with E-state index in [-0.39, 0.29) is 12.4 Å². The lowest BCUT2D eigenvalue weighted by molar-refractivity contribution is 0.234. The molecule has 0 bridgehead atoms. The molecule has 0 aromatic rings. The monoisotopic (exact) mass is 151 g/mol. The van der Waals surface area contributed by atoms with E-state index in [9.17, 15) is 9.70 Å². The number of amides is 2. The Kier molecular flexibility index (Phi) is 3.90. The topological polar surface area (TPSA) is 78.4 Å². The molecule has 0 aliphatic heterocycles. The van der Waals surface area contributed by atoms with Crippen molar-refractivity contribution in [3.63, 3.8) is 0 Å². The van der Waals surface area contributed by atoms with Crippen molar-refractivity contribution < 1.29 is 4.79 Å². The van der Waals surface area contributed by atoms with Crippen LogP contribution in [0, 0.1) is 4.91 Å². The van der Waals surface area contributed by atoms with Crippen LogP contribution in [-0.4, -0.2) is 18.5 Å². The standard InChI is InChI=1S/C3H6ClN3O2/c4-1-2-7(6-9)3(5)8/h1-2H2,(H2,5,8)/q+1. The summed E-state index contributed by atoms with van der Waals surface area (Å²) in [5.74, 6) is 0.148. The van der Waals surface area contributed by atoms with Gasteiger partial charge >= 0.3 is 6.03 Å². The maximum absolute atomic E-state index is 10.1. The molecule has 0 atom stereocenters. The van der Waals surface area contributed by atoms with Crippen molar-refractivity contribution in [2.75, 3.05) is 12.4 Å². The van der Waals surface area contributed by atoms with Crippen LogP contribution in [0.25, 0.3) is 0 Å². The maximum Gasteiger partial charge on any atom is 0.495 e. The fraction of sp³-hybridized carbons (Fsp3) is 0.667. The Morgan fingerprint density at radius 2 is 2.33 bits per heavy atom. The normalized spacial score (nSPS) is 9.56. The van der Waals surface area contributed by atoms with E-state index in [2.05, 4.69) is 11.0 Å². The minimum Gasteiger partial charge on any atom is -0.312 e. The average molecular weight is 152 g/mol. The second kappa shape index (κ2) is 4.22. The molecule has 2 amide bonds. The summed E-state index contributed by atoms with van der Waals surface area (Å²) >= 11 is 5.17. The van der Waals surface area contributed by atoms with Crippen LogP contribution in [-0.2, 0) is 0 Å². The van der Waals surface area contributed by atoms with E-state index in [0.717, 1.165) is 0 Å². The van der Waals surface area contributed by atoms with Crippen LogP contribution < -0.4 is 10.7 Å². The van der Waals surface area contributed by atoms with Gasteiger partial charge in [0.1, 0.15) is 5.01 Å². The molecule has 2 N–H and O–H groups in total. The van der Waals surface area contributed by atoms with Crippen LogP contribution in [0.3, 0.4) is 0 Å². The summed E-state index contributed by atoms with van der Waals surface area (Å²) in [6.07, 6.45) is 0. The lowest BCUT2D eigenvalue weighted by Gasteiger charge is -1.88. The van der Waals surface area contributed by atoms with Crippen molar-refractivity contribution in [1.82, 2.24) is 5.01 Å². The number of primary amides is 1. The van der Waals surface area contributed by atoms with Crippen LogP contribution in [0.4, 0.5) is 4.79 Å². The van der Waals surface area contributed by atoms with Crippen molar-refractivity contribution in [1.29, 1.82) is 0 Å². The lowest BCUT2D eigenvalue weighted by atomic mass is 10.7. The summed E-state index contributed by atoms with van der Waals surface area (Å²) in [7, 11) is 0. The largest absolute Gasteiger partial charge is 0.495 e. The number of carbonyl (C=O) groups excluding carboxylic acids is 1. The molecule has 6 heteroatoms. The van der Waals surface area contributed by atoms with Crippen molar-refractivity contribution in [2.45, 2.75) is 0 Å². The summed E-state index contributed by atoms with van der Waals surface area (Å²) in [5.41, 5.74) is 4.67. The van der Waals surface area contributed by atoms with Crippen molar-refractivity contribution in [3.05, 3.63) is 4.91 Å². The zero-order chi connectivity index (χ0) is 7.28. The first-order valence-electron chi connectivity index (χ1n) is 2.18. The molecule has 0 aliphatic rings. The molecule has 0 unspecified atom stereocenters. The molecule has 0 aromatic carbocycles. The number of carbonyl (C=O) groups is 1. The number of halogens is 1. The van der Waals surface area contributed by atoms with Gasteiger partial charge in [0.2, 0.25) is 5.29 Å². The van der Waals surface area contributed by atoms with E-state index in [1.54, 1.807) is 0 Å². The fourth-order valence-electron chi connectivity index (χ4n) is 0.271. The van der Waals surface area contributed by atoms with Crippen LogP contribution in [0.5, 0.6) is 0 Å². The van der Waals surface area contributed by atoms with Gasteiger partial charge < -0.3 is 5.73 Å². The van der Waals surface area contributed by atoms with E-state index in [1.807, 2.05) is 0 Å². The van der Waals surface area contributed by atoms with E-state index in [0.29, 0.717) is 5.01 Å². The Labute approximate surface area is 56.7 Å². The molecule has 0 spiro atoms. The molecule has 0 aliphatic carbocycles. The SMILES string of the molecule is NC(=O)[N+](CCCl)N=O. The number of hydrogen-bond acceptors (Lipinski definition) is 3. The molecule has 51 valence electrons. The summed E-state index contributed by atoms with van der Waals surface area (Å²) in [6, 6.07) is -0.884. The fourth-order valence-corrected chi connectivity index (χ4v) is 0.431. The molecule has 0 heterocycles. The highest BCUT2D eigenvalue weighted by atomic mass is 35.5. The molecule has 0 rings (SSSR count). The maximum atomic E-state index is 10.1. The molecule has 0 fully saturated rings. The van der Waals surface area contributed by atoms with Gasteiger partial charge in [0, 0.05) is 0 Å². The van der Waals surface area contributed by atoms with Gasteiger partial charge in [0.15, 0.2) is 6.54 Å². The highest BCUT2D eigenvalue weighted by molar-refractivity contribution is 6.18. The summed E-state index contributed by atoms with van der Waals surface area (Å²) in [5, 5.41) is 2.85. The summed E-state index contributed by atoms with van der Waals surface area (Å²) in [6.45, 7) is 0.0559. The number of rotatable bonds is 3. The number of nitrogens with two attached hydrogens (primary N) is 1. The van der Waals surface area contributed by atoms with Gasteiger partial charge in [-0.15, -0.1) is 11.6 Å². The average Bonchev–Trinajstić information content (AvgIpc) is 1.82. The third-order valence-electron chi connectivity index (χ3n) is 0.649. The minimum atomic E-state index is -0.884. The number of nitroso groups, excluding NO2 is 1. The third-order valence-corrected chi connectivity index (χ3v) is 0.818. The van der Waals surface area contributed by atoms with Crippen LogP contribution in [0.1, 0.15) is 0 Å². The Hall–Kier alpha value is -0.680. The lowest BCUT2D eigenvalue weighted by Crippen LogP contribution is -2.37. The first kappa shape index (κ1) is 8.32. The molecular formula is C3H6ClN3O2+. The number of hydrogen-bond donors (Lipinski definition) is 1. The Morgan fingerprint density at radius 1 is 1.78 bits per heavy atom. The minimum absolute atomic E-state index is 0.0559. The van der Waals surface area contributed by atoms with Gasteiger partial charge in [0.05, 0.1) is 5.88 Å². The molecule has 0 aromatic heterocycles. The quantitative estimate of drug-likeness (QED) is 0.269. The van der Waals surface area contributed by atoms with E-state index in [1.165, 1.54) is 0 Å². The van der Waals surface area contributed by atoms with Gasteiger partial charge in [-0.2, -0.15) is 4.79 Å². The predicted molar refractivity (Wildman–Crippen MR) is 33.1 cm³/mol. The van der Waals surface area contributed by atoms with Crippen molar-refractivity contribution >= 4 is 17.6 Å². The van der Waals surface area contributed by atoms with E-state index < -0.39 is 6.03 Å². The number of alkyl halides is 1. The first-order valence-corrected chi connectivity index (χ1v) is 2.72. The van der Waals surface area contributed by atoms with Gasteiger partial charge in [-0.1, -0.05) is 4.91 Å².